The van der Waals surface area contributed by atoms with Crippen molar-refractivity contribution in [1.29, 1.82) is 0 Å². The van der Waals surface area contributed by atoms with Gasteiger partial charge in [0.25, 0.3) is 0 Å². The number of urea groups is 1. The molecule has 2 saturated heterocycles. The predicted octanol–water partition coefficient (Wildman–Crippen LogP) is 5.38. The number of hydrogen-bond donors (Lipinski definition) is 2. The van der Waals surface area contributed by atoms with Crippen molar-refractivity contribution in [2.75, 3.05) is 32.8 Å². The molecule has 5 saturated carbocycles. The van der Waals surface area contributed by atoms with Gasteiger partial charge in [0.05, 0.1) is 36.0 Å². The van der Waals surface area contributed by atoms with E-state index in [4.69, 9.17) is 4.74 Å². The van der Waals surface area contributed by atoms with Gasteiger partial charge in [0, 0.05) is 43.8 Å². The Balaban J connectivity index is 1.15. The number of amides is 4. The van der Waals surface area contributed by atoms with Crippen molar-refractivity contribution >= 4 is 39.4 Å². The lowest BCUT2D eigenvalue weighted by Crippen LogP contribution is -2.55. The summed E-state index contributed by atoms with van der Waals surface area (Å²) >= 11 is 0. The fourth-order valence-electron chi connectivity index (χ4n) is 11.9. The van der Waals surface area contributed by atoms with E-state index in [0.717, 1.165) is 51.4 Å². The number of fused-ring (bicyclic) bond motifs is 1. The fraction of sp³-hybridized carbons (Fsp3) is 0.881. The van der Waals surface area contributed by atoms with Gasteiger partial charge in [-0.2, -0.15) is 0 Å². The number of rotatable bonds is 13. The molecule has 0 aromatic heterocycles. The molecular formula is C42H66N4O8S. The molecule has 4 amide bonds. The SMILES string of the molecule is CC[C@@H]1C[C@]1(CC(=O)[C@@H]1C[C@@]2(CN1C(=O)[C@@H](CC(=O)[C@@H](NC(=O)N1CCOCC1)C1CCCCC1)C(C)(C)C)C(C)(C)C21CCC1)C(=O)NS(=O)(=O)C1CC1. The van der Waals surface area contributed by atoms with Crippen molar-refractivity contribution in [3.05, 3.63) is 0 Å². The summed E-state index contributed by atoms with van der Waals surface area (Å²) in [6, 6.07) is -1.74. The first-order valence-electron chi connectivity index (χ1n) is 21.4. The molecule has 308 valence electrons. The van der Waals surface area contributed by atoms with Gasteiger partial charge in [0.1, 0.15) is 0 Å². The first-order valence-corrected chi connectivity index (χ1v) is 22.9. The van der Waals surface area contributed by atoms with Crippen LogP contribution in [-0.2, 0) is 33.9 Å². The van der Waals surface area contributed by atoms with E-state index in [1.165, 1.54) is 0 Å². The number of nitrogens with one attached hydrogen (secondary N) is 2. The molecular weight excluding hydrogens is 721 g/mol. The van der Waals surface area contributed by atoms with E-state index in [0.29, 0.717) is 65.0 Å². The lowest BCUT2D eigenvalue weighted by atomic mass is 9.73. The van der Waals surface area contributed by atoms with Crippen LogP contribution < -0.4 is 10.0 Å². The van der Waals surface area contributed by atoms with Crippen LogP contribution in [0.3, 0.4) is 0 Å². The normalized spacial score (nSPS) is 32.4. The highest BCUT2D eigenvalue weighted by Gasteiger charge is 2.85. The van der Waals surface area contributed by atoms with E-state index in [-0.39, 0.29) is 64.4 Å². The quantitative estimate of drug-likeness (QED) is 0.252. The van der Waals surface area contributed by atoms with E-state index >= 15 is 4.79 Å². The molecule has 5 aliphatic carbocycles. The molecule has 0 aromatic carbocycles. The third-order valence-corrected chi connectivity index (χ3v) is 17.9. The van der Waals surface area contributed by atoms with Crippen molar-refractivity contribution in [3.8, 4) is 0 Å². The molecule has 0 radical (unpaired) electrons. The van der Waals surface area contributed by atoms with Crippen LogP contribution in [0.2, 0.25) is 0 Å². The van der Waals surface area contributed by atoms with Crippen molar-refractivity contribution in [1.82, 2.24) is 19.8 Å². The summed E-state index contributed by atoms with van der Waals surface area (Å²) in [6.07, 6.45) is 10.5. The summed E-state index contributed by atoms with van der Waals surface area (Å²) in [4.78, 5) is 75.3. The maximum atomic E-state index is 15.2. The van der Waals surface area contributed by atoms with Crippen molar-refractivity contribution in [2.45, 2.75) is 155 Å². The fourth-order valence-corrected chi connectivity index (χ4v) is 13.3. The summed E-state index contributed by atoms with van der Waals surface area (Å²) in [6.45, 7) is 14.7. The van der Waals surface area contributed by atoms with Gasteiger partial charge in [-0.1, -0.05) is 73.6 Å². The molecule has 55 heavy (non-hydrogen) atoms. The number of sulfonamides is 1. The van der Waals surface area contributed by atoms with E-state index in [2.05, 4.69) is 23.9 Å². The van der Waals surface area contributed by atoms with Crippen molar-refractivity contribution in [3.63, 3.8) is 0 Å². The van der Waals surface area contributed by atoms with Crippen LogP contribution in [0.25, 0.3) is 0 Å². The smallest absolute Gasteiger partial charge is 0.318 e. The number of ketones is 2. The number of nitrogens with zero attached hydrogens (tertiary/aromatic N) is 2. The van der Waals surface area contributed by atoms with Gasteiger partial charge in [-0.25, -0.2) is 13.2 Å². The molecule has 12 nitrogen and oxygen atoms in total. The van der Waals surface area contributed by atoms with Crippen LogP contribution >= 0.6 is 0 Å². The Hall–Kier alpha value is -2.54. The van der Waals surface area contributed by atoms with Crippen LogP contribution in [0, 0.1) is 44.8 Å². The van der Waals surface area contributed by atoms with E-state index in [9.17, 15) is 27.6 Å². The minimum absolute atomic E-state index is 0.00630. The lowest BCUT2D eigenvalue weighted by molar-refractivity contribution is -0.146. The van der Waals surface area contributed by atoms with Gasteiger partial charge in [-0.15, -0.1) is 0 Å². The number of Topliss-reactive ketones (excluding diaryl/α,β-unsaturated/α-hetero) is 2. The average molecular weight is 787 g/mol. The van der Waals surface area contributed by atoms with Gasteiger partial charge in [0.2, 0.25) is 21.8 Å². The van der Waals surface area contributed by atoms with Gasteiger partial charge in [-0.05, 0) is 79.4 Å². The molecule has 2 aliphatic heterocycles. The topological polar surface area (TPSA) is 159 Å². The zero-order valence-electron chi connectivity index (χ0n) is 34.2. The van der Waals surface area contributed by atoms with Crippen LogP contribution in [0.4, 0.5) is 4.79 Å². The highest BCUT2D eigenvalue weighted by Crippen LogP contribution is 2.88. The Morgan fingerprint density at radius 3 is 2.07 bits per heavy atom. The molecule has 7 rings (SSSR count). The highest BCUT2D eigenvalue weighted by molar-refractivity contribution is 7.90. The second-order valence-electron chi connectivity index (χ2n) is 20.1. The summed E-state index contributed by atoms with van der Waals surface area (Å²) in [5, 5.41) is 2.56. The van der Waals surface area contributed by atoms with Gasteiger partial charge < -0.3 is 19.9 Å². The Labute approximate surface area is 328 Å². The van der Waals surface area contributed by atoms with Gasteiger partial charge in [-0.3, -0.25) is 23.9 Å². The van der Waals surface area contributed by atoms with Crippen LogP contribution in [-0.4, -0.2) is 97.8 Å². The molecule has 6 atom stereocenters. The number of hydrogen-bond acceptors (Lipinski definition) is 8. The third kappa shape index (κ3) is 6.96. The van der Waals surface area contributed by atoms with Gasteiger partial charge >= 0.3 is 6.03 Å². The summed E-state index contributed by atoms with van der Waals surface area (Å²) < 4.78 is 33.5. The Morgan fingerprint density at radius 2 is 1.55 bits per heavy atom. The van der Waals surface area contributed by atoms with Crippen LogP contribution in [0.5, 0.6) is 0 Å². The molecule has 2 heterocycles. The monoisotopic (exact) mass is 786 g/mol. The predicted molar refractivity (Wildman–Crippen MR) is 207 cm³/mol. The maximum Gasteiger partial charge on any atom is 0.318 e. The number of ether oxygens (including phenoxy) is 1. The second-order valence-corrected chi connectivity index (χ2v) is 22.1. The molecule has 13 heteroatoms. The summed E-state index contributed by atoms with van der Waals surface area (Å²) in [5.74, 6) is -1.98. The Kier molecular flexibility index (Phi) is 10.6. The molecule has 0 unspecified atom stereocenters. The molecule has 2 spiro atoms. The molecule has 7 aliphatic rings. The first kappa shape index (κ1) is 40.6. The second kappa shape index (κ2) is 14.4. The zero-order valence-corrected chi connectivity index (χ0v) is 35.0. The number of morpholine rings is 1. The lowest BCUT2D eigenvalue weighted by Gasteiger charge is -2.37. The van der Waals surface area contributed by atoms with Crippen LogP contribution in [0.15, 0.2) is 0 Å². The minimum Gasteiger partial charge on any atom is -0.378 e. The van der Waals surface area contributed by atoms with Gasteiger partial charge in [0.15, 0.2) is 11.6 Å². The highest BCUT2D eigenvalue weighted by atomic mass is 32.2. The standard InChI is InChI=1S/C42H66N4O8S/c1-7-28-23-40(28,36(50)44-55(52,53)29-14-15-29)25-33(48)31-24-42(39(5,6)41(42)16-11-17-41)26-46(31)35(49)30(38(2,3)4)22-32(47)34(27-12-9-8-10-13-27)43-37(51)45-18-20-54-21-19-45/h27-31,34H,7-26H2,1-6H3,(H,43,51)(H,44,50)/t28-,30-,31+,34+,40-,42-/m1/s1. The Bertz CT molecular complexity index is 1670. The summed E-state index contributed by atoms with van der Waals surface area (Å²) in [7, 11) is -3.79. The molecule has 7 fully saturated rings. The third-order valence-electron chi connectivity index (χ3n) is 16.1. The number of likely N-dealkylation sites (tertiary alicyclic amines) is 1. The number of carbonyl (C=O) groups is 5. The Morgan fingerprint density at radius 1 is 0.891 bits per heavy atom. The van der Waals surface area contributed by atoms with E-state index in [1.807, 2.05) is 27.7 Å². The summed E-state index contributed by atoms with van der Waals surface area (Å²) in [5.41, 5.74) is -1.99. The van der Waals surface area contributed by atoms with Crippen LogP contribution in [0.1, 0.15) is 138 Å². The molecule has 0 bridgehead atoms. The van der Waals surface area contributed by atoms with Crippen molar-refractivity contribution in [2.24, 2.45) is 44.8 Å². The maximum absolute atomic E-state index is 15.2. The zero-order chi connectivity index (χ0) is 39.8. The van der Waals surface area contributed by atoms with E-state index in [1.54, 1.807) is 9.80 Å². The van der Waals surface area contributed by atoms with E-state index < -0.39 is 50.0 Å². The molecule has 2 N–H and O–H groups in total. The average Bonchev–Trinajstić information content (AvgIpc) is 4.07. The van der Waals surface area contributed by atoms with Crippen molar-refractivity contribution < 1.29 is 37.1 Å². The molecule has 0 aromatic rings. The first-order chi connectivity index (χ1) is 25.8. The minimum atomic E-state index is -3.79. The number of carbonyl (C=O) groups excluding carboxylic acids is 5. The largest absolute Gasteiger partial charge is 0.378 e.